The molecule has 2 aliphatic carbocycles. The van der Waals surface area contributed by atoms with Crippen molar-refractivity contribution in [3.8, 4) is 0 Å². The van der Waals surface area contributed by atoms with Crippen LogP contribution < -0.4 is 0 Å². The first kappa shape index (κ1) is 18.3. The van der Waals surface area contributed by atoms with Gasteiger partial charge in [0.15, 0.2) is 0 Å². The number of hydrogen-bond donors (Lipinski definition) is 2. The van der Waals surface area contributed by atoms with Crippen LogP contribution in [0.15, 0.2) is 24.8 Å². The first-order valence-corrected chi connectivity index (χ1v) is 8.84. The zero-order chi connectivity index (χ0) is 17.5. The van der Waals surface area contributed by atoms with Crippen molar-refractivity contribution in [2.75, 3.05) is 0 Å². The second-order valence-electron chi connectivity index (χ2n) is 8.48. The van der Waals surface area contributed by atoms with E-state index in [9.17, 15) is 15.0 Å². The molecule has 23 heavy (non-hydrogen) atoms. The van der Waals surface area contributed by atoms with Crippen molar-refractivity contribution in [1.82, 2.24) is 0 Å². The van der Waals surface area contributed by atoms with Crippen molar-refractivity contribution in [1.29, 1.82) is 0 Å². The van der Waals surface area contributed by atoms with Gasteiger partial charge in [-0.15, -0.1) is 6.58 Å². The molecule has 0 bridgehead atoms. The standard InChI is InChI=1S/C20H32O3/c1-6-18(3,23)13-10-15-14(2)8-9-16-19(15,4)11-7-12-20(16,5)17(21)22/h6,15-16,23H,1-2,7-13H2,3-5H3,(H,21,22)/t15-,16+,18-,19+,20+/m0/s1. The lowest BCUT2D eigenvalue weighted by Gasteiger charge is -2.57. The number of allylic oxidation sites excluding steroid dienone is 1. The number of fused-ring (bicyclic) bond motifs is 1. The summed E-state index contributed by atoms with van der Waals surface area (Å²) in [5, 5.41) is 20.1. The van der Waals surface area contributed by atoms with Gasteiger partial charge in [0, 0.05) is 0 Å². The fourth-order valence-corrected chi connectivity index (χ4v) is 5.28. The lowest BCUT2D eigenvalue weighted by Crippen LogP contribution is -2.53. The maximum atomic E-state index is 11.9. The monoisotopic (exact) mass is 320 g/mol. The SMILES string of the molecule is C=C[C@](C)(O)CC[C@H]1C(=C)CC[C@@H]2[C@]1(C)CCC[C@@]2(C)C(=O)O. The maximum absolute atomic E-state index is 11.9. The summed E-state index contributed by atoms with van der Waals surface area (Å²) in [6, 6.07) is 0. The summed E-state index contributed by atoms with van der Waals surface area (Å²) in [5.41, 5.74) is -0.294. The Hall–Kier alpha value is -1.09. The summed E-state index contributed by atoms with van der Waals surface area (Å²) >= 11 is 0. The number of carboxylic acids is 1. The minimum atomic E-state index is -0.867. The van der Waals surface area contributed by atoms with Gasteiger partial charge in [0.2, 0.25) is 0 Å². The first-order chi connectivity index (χ1) is 10.6. The van der Waals surface area contributed by atoms with Crippen LogP contribution in [0.25, 0.3) is 0 Å². The van der Waals surface area contributed by atoms with Crippen LogP contribution >= 0.6 is 0 Å². The highest BCUT2D eigenvalue weighted by Crippen LogP contribution is 2.62. The second-order valence-corrected chi connectivity index (χ2v) is 8.48. The zero-order valence-electron chi connectivity index (χ0n) is 14.9. The molecule has 5 atom stereocenters. The molecule has 2 saturated carbocycles. The molecule has 2 fully saturated rings. The van der Waals surface area contributed by atoms with E-state index >= 15 is 0 Å². The van der Waals surface area contributed by atoms with Gasteiger partial charge in [0.1, 0.15) is 0 Å². The Labute approximate surface area is 140 Å². The van der Waals surface area contributed by atoms with Gasteiger partial charge in [-0.05, 0) is 69.6 Å². The van der Waals surface area contributed by atoms with Crippen molar-refractivity contribution >= 4 is 5.97 Å². The summed E-state index contributed by atoms with van der Waals surface area (Å²) in [7, 11) is 0. The van der Waals surface area contributed by atoms with Crippen molar-refractivity contribution in [2.45, 2.75) is 71.3 Å². The molecule has 2 rings (SSSR count). The highest BCUT2D eigenvalue weighted by Gasteiger charge is 2.57. The second kappa shape index (κ2) is 6.08. The van der Waals surface area contributed by atoms with Crippen LogP contribution in [0.5, 0.6) is 0 Å². The van der Waals surface area contributed by atoms with Gasteiger partial charge in [0.25, 0.3) is 0 Å². The predicted molar refractivity (Wildman–Crippen MR) is 93.1 cm³/mol. The molecule has 2 N–H and O–H groups in total. The summed E-state index contributed by atoms with van der Waals surface area (Å²) in [4.78, 5) is 11.9. The lowest BCUT2D eigenvalue weighted by molar-refractivity contribution is -0.164. The number of carboxylic acid groups (broad SMARTS) is 1. The summed E-state index contributed by atoms with van der Waals surface area (Å²) in [5.74, 6) is -0.185. The van der Waals surface area contributed by atoms with E-state index in [0.29, 0.717) is 6.42 Å². The van der Waals surface area contributed by atoms with Gasteiger partial charge in [-0.2, -0.15) is 0 Å². The third kappa shape index (κ3) is 3.13. The summed E-state index contributed by atoms with van der Waals surface area (Å²) < 4.78 is 0. The molecule has 0 radical (unpaired) electrons. The van der Waals surface area contributed by atoms with E-state index in [1.54, 1.807) is 13.0 Å². The molecular formula is C20H32O3. The van der Waals surface area contributed by atoms with Crippen LogP contribution in [0.1, 0.15) is 65.7 Å². The third-order valence-corrected chi connectivity index (χ3v) is 6.89. The minimum absolute atomic E-state index is 0.0298. The average molecular weight is 320 g/mol. The van der Waals surface area contributed by atoms with Crippen molar-refractivity contribution < 1.29 is 15.0 Å². The van der Waals surface area contributed by atoms with Gasteiger partial charge in [0.05, 0.1) is 11.0 Å². The molecule has 0 unspecified atom stereocenters. The van der Waals surface area contributed by atoms with Crippen LogP contribution in [0.2, 0.25) is 0 Å². The fraction of sp³-hybridized carbons (Fsp3) is 0.750. The first-order valence-electron chi connectivity index (χ1n) is 8.84. The van der Waals surface area contributed by atoms with E-state index < -0.39 is 17.0 Å². The molecule has 0 spiro atoms. The van der Waals surface area contributed by atoms with E-state index in [1.807, 2.05) is 6.92 Å². The topological polar surface area (TPSA) is 57.5 Å². The smallest absolute Gasteiger partial charge is 0.309 e. The molecule has 0 saturated heterocycles. The van der Waals surface area contributed by atoms with Crippen molar-refractivity contribution in [3.05, 3.63) is 24.8 Å². The maximum Gasteiger partial charge on any atom is 0.309 e. The molecule has 0 aromatic rings. The highest BCUT2D eigenvalue weighted by molar-refractivity contribution is 5.75. The number of rotatable bonds is 5. The van der Waals surface area contributed by atoms with Crippen LogP contribution in [0.3, 0.4) is 0 Å². The van der Waals surface area contributed by atoms with Crippen LogP contribution in [0, 0.1) is 22.7 Å². The Morgan fingerprint density at radius 1 is 1.43 bits per heavy atom. The molecule has 0 heterocycles. The Balaban J connectivity index is 2.29. The number of hydrogen-bond acceptors (Lipinski definition) is 2. The number of aliphatic carboxylic acids is 1. The normalized spacial score (nSPS) is 40.1. The number of carbonyl (C=O) groups is 1. The van der Waals surface area contributed by atoms with Gasteiger partial charge < -0.3 is 10.2 Å². The third-order valence-electron chi connectivity index (χ3n) is 6.89. The molecule has 0 aliphatic heterocycles. The van der Waals surface area contributed by atoms with Crippen LogP contribution in [0.4, 0.5) is 0 Å². The van der Waals surface area contributed by atoms with Crippen molar-refractivity contribution in [3.63, 3.8) is 0 Å². The quantitative estimate of drug-likeness (QED) is 0.730. The predicted octanol–water partition coefficient (Wildman–Crippen LogP) is 4.57. The van der Waals surface area contributed by atoms with E-state index in [-0.39, 0.29) is 17.3 Å². The Morgan fingerprint density at radius 3 is 2.65 bits per heavy atom. The molecule has 3 nitrogen and oxygen atoms in total. The Morgan fingerprint density at radius 2 is 2.09 bits per heavy atom. The molecule has 0 aromatic carbocycles. The van der Waals surface area contributed by atoms with E-state index in [0.717, 1.165) is 38.5 Å². The summed E-state index contributed by atoms with van der Waals surface area (Å²) in [6.45, 7) is 14.0. The Kier molecular flexibility index (Phi) is 4.83. The van der Waals surface area contributed by atoms with Crippen LogP contribution in [-0.2, 0) is 4.79 Å². The largest absolute Gasteiger partial charge is 0.481 e. The van der Waals surface area contributed by atoms with E-state index in [1.165, 1.54) is 5.57 Å². The van der Waals surface area contributed by atoms with Crippen molar-refractivity contribution in [2.24, 2.45) is 22.7 Å². The molecule has 0 amide bonds. The molecule has 130 valence electrons. The van der Waals surface area contributed by atoms with E-state index in [4.69, 9.17) is 0 Å². The number of aliphatic hydroxyl groups is 1. The zero-order valence-corrected chi connectivity index (χ0v) is 14.9. The lowest BCUT2D eigenvalue weighted by atomic mass is 9.46. The van der Waals surface area contributed by atoms with Crippen LogP contribution in [-0.4, -0.2) is 21.8 Å². The van der Waals surface area contributed by atoms with Gasteiger partial charge in [-0.3, -0.25) is 4.79 Å². The minimum Gasteiger partial charge on any atom is -0.481 e. The average Bonchev–Trinajstić information content (AvgIpc) is 2.46. The molecule has 0 aromatic heterocycles. The molecule has 2 aliphatic rings. The molecular weight excluding hydrogens is 288 g/mol. The Bertz CT molecular complexity index is 507. The van der Waals surface area contributed by atoms with Gasteiger partial charge >= 0.3 is 5.97 Å². The molecule has 3 heteroatoms. The van der Waals surface area contributed by atoms with E-state index in [2.05, 4.69) is 20.1 Å². The highest BCUT2D eigenvalue weighted by atomic mass is 16.4. The van der Waals surface area contributed by atoms with Gasteiger partial charge in [-0.1, -0.05) is 31.6 Å². The summed E-state index contributed by atoms with van der Waals surface area (Å²) in [6.07, 6.45) is 7.70. The fourth-order valence-electron chi connectivity index (χ4n) is 5.28. The van der Waals surface area contributed by atoms with Gasteiger partial charge in [-0.25, -0.2) is 0 Å².